The van der Waals surface area contributed by atoms with Gasteiger partial charge >= 0.3 is 11.9 Å². The highest BCUT2D eigenvalue weighted by atomic mass is 16.5. The molecule has 0 saturated carbocycles. The Morgan fingerprint density at radius 1 is 1.06 bits per heavy atom. The first-order valence-corrected chi connectivity index (χ1v) is 11.6. The molecule has 3 N–H and O–H groups in total. The summed E-state index contributed by atoms with van der Waals surface area (Å²) >= 11 is 0. The van der Waals surface area contributed by atoms with Crippen molar-refractivity contribution in [3.63, 3.8) is 0 Å². The first-order valence-electron chi connectivity index (χ1n) is 11.6. The standard InChI is InChI=1S/C28H24N2O6/c31-26(30-24(27(32)33)13-19-15-29-23-8-4-3-6-21(19)23)16-35-20-11-9-17(10-12-20)25-14-18-5-1-2-7-22(18)28(34)36-25/h1-12,15,24-25,29H,13-14,16H2,(H,30,31)(H,32,33)/t24-,25+/m1/s1. The van der Waals surface area contributed by atoms with Gasteiger partial charge in [0.15, 0.2) is 6.61 Å². The molecule has 0 unspecified atom stereocenters. The van der Waals surface area contributed by atoms with Gasteiger partial charge in [0, 0.05) is 29.9 Å². The SMILES string of the molecule is O=C(COc1ccc([C@@H]2Cc3ccccc3C(=O)O2)cc1)N[C@H](Cc1c[nH]c2ccccc12)C(=O)O. The summed E-state index contributed by atoms with van der Waals surface area (Å²) in [5.74, 6) is -1.56. The number of amides is 1. The fourth-order valence-corrected chi connectivity index (χ4v) is 4.40. The molecule has 0 bridgehead atoms. The molecule has 1 aliphatic rings. The summed E-state index contributed by atoms with van der Waals surface area (Å²) in [5.41, 5.74) is 4.06. The van der Waals surface area contributed by atoms with Gasteiger partial charge in [-0.25, -0.2) is 9.59 Å². The van der Waals surface area contributed by atoms with E-state index in [9.17, 15) is 19.5 Å². The number of aliphatic carboxylic acids is 1. The van der Waals surface area contributed by atoms with Crippen LogP contribution in [0.4, 0.5) is 0 Å². The number of hydrogen-bond acceptors (Lipinski definition) is 5. The van der Waals surface area contributed by atoms with E-state index < -0.39 is 24.0 Å². The van der Waals surface area contributed by atoms with Crippen molar-refractivity contribution in [1.82, 2.24) is 10.3 Å². The minimum atomic E-state index is -1.12. The number of rotatable bonds is 8. The maximum absolute atomic E-state index is 12.4. The van der Waals surface area contributed by atoms with E-state index in [4.69, 9.17) is 9.47 Å². The molecule has 182 valence electrons. The molecule has 1 aromatic heterocycles. The molecular weight excluding hydrogens is 460 g/mol. The third-order valence-electron chi connectivity index (χ3n) is 6.25. The van der Waals surface area contributed by atoms with Crippen LogP contribution in [0.3, 0.4) is 0 Å². The Kier molecular flexibility index (Phi) is 6.40. The number of para-hydroxylation sites is 1. The smallest absolute Gasteiger partial charge is 0.339 e. The predicted octanol–water partition coefficient (Wildman–Crippen LogP) is 3.81. The van der Waals surface area contributed by atoms with Crippen molar-refractivity contribution >= 4 is 28.7 Å². The average molecular weight is 485 g/mol. The zero-order valence-electron chi connectivity index (χ0n) is 19.3. The normalized spacial score (nSPS) is 15.6. The van der Waals surface area contributed by atoms with Crippen molar-refractivity contribution in [3.8, 4) is 5.75 Å². The van der Waals surface area contributed by atoms with Crippen LogP contribution < -0.4 is 10.1 Å². The fraction of sp³-hybridized carbons (Fsp3) is 0.179. The van der Waals surface area contributed by atoms with Crippen LogP contribution in [0.15, 0.2) is 79.0 Å². The lowest BCUT2D eigenvalue weighted by molar-refractivity contribution is -0.142. The number of carboxylic acid groups (broad SMARTS) is 1. The summed E-state index contributed by atoms with van der Waals surface area (Å²) in [5, 5.41) is 13.1. The van der Waals surface area contributed by atoms with E-state index in [1.54, 1.807) is 36.5 Å². The maximum Gasteiger partial charge on any atom is 0.339 e. The Labute approximate surface area is 206 Å². The van der Waals surface area contributed by atoms with Crippen molar-refractivity contribution in [2.45, 2.75) is 25.0 Å². The van der Waals surface area contributed by atoms with Crippen LogP contribution in [-0.2, 0) is 27.2 Å². The highest BCUT2D eigenvalue weighted by Gasteiger charge is 2.27. The molecule has 0 saturated heterocycles. The van der Waals surface area contributed by atoms with Gasteiger partial charge in [-0.1, -0.05) is 48.5 Å². The largest absolute Gasteiger partial charge is 0.484 e. The molecule has 1 aliphatic heterocycles. The summed E-state index contributed by atoms with van der Waals surface area (Å²) in [7, 11) is 0. The number of hydrogen-bond donors (Lipinski definition) is 3. The van der Waals surface area contributed by atoms with Crippen molar-refractivity contribution in [3.05, 3.63) is 101 Å². The number of ether oxygens (including phenoxy) is 2. The van der Waals surface area contributed by atoms with Crippen molar-refractivity contribution in [1.29, 1.82) is 0 Å². The number of aromatic amines is 1. The minimum Gasteiger partial charge on any atom is -0.484 e. The van der Waals surface area contributed by atoms with E-state index in [1.807, 2.05) is 42.5 Å². The van der Waals surface area contributed by atoms with Gasteiger partial charge in [0.05, 0.1) is 5.56 Å². The number of carbonyl (C=O) groups is 3. The lowest BCUT2D eigenvalue weighted by Crippen LogP contribution is -2.44. The molecule has 36 heavy (non-hydrogen) atoms. The molecule has 8 heteroatoms. The molecule has 8 nitrogen and oxygen atoms in total. The zero-order valence-corrected chi connectivity index (χ0v) is 19.3. The Morgan fingerprint density at radius 3 is 2.61 bits per heavy atom. The number of esters is 1. The van der Waals surface area contributed by atoms with Crippen molar-refractivity contribution in [2.24, 2.45) is 0 Å². The summed E-state index contributed by atoms with van der Waals surface area (Å²) in [6, 6.07) is 20.8. The second kappa shape index (κ2) is 9.95. The molecule has 0 aliphatic carbocycles. The highest BCUT2D eigenvalue weighted by Crippen LogP contribution is 2.31. The molecule has 2 heterocycles. The molecule has 1 amide bonds. The topological polar surface area (TPSA) is 118 Å². The van der Waals surface area contributed by atoms with Gasteiger partial charge in [-0.05, 0) is 41.0 Å². The monoisotopic (exact) mass is 484 g/mol. The average Bonchev–Trinajstić information content (AvgIpc) is 3.30. The molecular formula is C28H24N2O6. The minimum absolute atomic E-state index is 0.142. The Hall–Kier alpha value is -4.59. The number of H-pyrrole nitrogens is 1. The summed E-state index contributed by atoms with van der Waals surface area (Å²) in [6.07, 6.45) is 2.08. The second-order valence-corrected chi connectivity index (χ2v) is 8.63. The van der Waals surface area contributed by atoms with E-state index in [1.165, 1.54) is 0 Å². The van der Waals surface area contributed by atoms with E-state index in [-0.39, 0.29) is 19.0 Å². The third kappa shape index (κ3) is 4.93. The van der Waals surface area contributed by atoms with Crippen LogP contribution in [0.5, 0.6) is 5.75 Å². The first-order chi connectivity index (χ1) is 17.5. The van der Waals surface area contributed by atoms with Gasteiger partial charge in [-0.2, -0.15) is 0 Å². The van der Waals surface area contributed by atoms with Crippen LogP contribution in [-0.4, -0.2) is 40.6 Å². The third-order valence-corrected chi connectivity index (χ3v) is 6.25. The van der Waals surface area contributed by atoms with E-state index in [0.717, 1.165) is 27.6 Å². The molecule has 3 aromatic carbocycles. The molecule has 0 fully saturated rings. The van der Waals surface area contributed by atoms with E-state index >= 15 is 0 Å². The molecule has 5 rings (SSSR count). The van der Waals surface area contributed by atoms with Gasteiger partial charge in [0.25, 0.3) is 5.91 Å². The van der Waals surface area contributed by atoms with E-state index in [0.29, 0.717) is 17.7 Å². The molecule has 2 atom stereocenters. The van der Waals surface area contributed by atoms with Crippen LogP contribution in [0.1, 0.15) is 33.2 Å². The lowest BCUT2D eigenvalue weighted by Gasteiger charge is -2.25. The van der Waals surface area contributed by atoms with Crippen LogP contribution in [0, 0.1) is 0 Å². The van der Waals surface area contributed by atoms with E-state index in [2.05, 4.69) is 10.3 Å². The number of fused-ring (bicyclic) bond motifs is 2. The van der Waals surface area contributed by atoms with Crippen LogP contribution in [0.2, 0.25) is 0 Å². The summed E-state index contributed by atoms with van der Waals surface area (Å²) in [4.78, 5) is 39.6. The Morgan fingerprint density at radius 2 is 1.81 bits per heavy atom. The quantitative estimate of drug-likeness (QED) is 0.328. The highest BCUT2D eigenvalue weighted by molar-refractivity contribution is 5.92. The van der Waals surface area contributed by atoms with Gasteiger partial charge in [0.2, 0.25) is 0 Å². The second-order valence-electron chi connectivity index (χ2n) is 8.63. The molecule has 0 radical (unpaired) electrons. The molecule has 0 spiro atoms. The number of carboxylic acids is 1. The lowest BCUT2D eigenvalue weighted by atomic mass is 9.95. The fourth-order valence-electron chi connectivity index (χ4n) is 4.40. The summed E-state index contributed by atoms with van der Waals surface area (Å²) < 4.78 is 11.1. The van der Waals surface area contributed by atoms with Gasteiger partial charge < -0.3 is 24.9 Å². The number of aromatic nitrogens is 1. The molecule has 4 aromatic rings. The van der Waals surface area contributed by atoms with Gasteiger partial charge in [-0.3, -0.25) is 4.79 Å². The van der Waals surface area contributed by atoms with Crippen molar-refractivity contribution in [2.75, 3.05) is 6.61 Å². The Balaban J connectivity index is 1.17. The summed E-state index contributed by atoms with van der Waals surface area (Å²) in [6.45, 7) is -0.331. The first kappa shape index (κ1) is 23.2. The number of carbonyl (C=O) groups excluding carboxylic acids is 2. The maximum atomic E-state index is 12.4. The number of cyclic esters (lactones) is 1. The van der Waals surface area contributed by atoms with Gasteiger partial charge in [0.1, 0.15) is 17.9 Å². The number of nitrogens with one attached hydrogen (secondary N) is 2. The van der Waals surface area contributed by atoms with Gasteiger partial charge in [-0.15, -0.1) is 0 Å². The predicted molar refractivity (Wildman–Crippen MR) is 132 cm³/mol. The zero-order chi connectivity index (χ0) is 25.1. The van der Waals surface area contributed by atoms with Crippen molar-refractivity contribution < 1.29 is 29.0 Å². The Bertz CT molecular complexity index is 1430. The number of benzene rings is 3. The van der Waals surface area contributed by atoms with Crippen LogP contribution >= 0.6 is 0 Å². The van der Waals surface area contributed by atoms with Crippen LogP contribution in [0.25, 0.3) is 10.9 Å².